The van der Waals surface area contributed by atoms with E-state index in [4.69, 9.17) is 11.6 Å². The molecular weight excluding hydrogens is 394 g/mol. The lowest BCUT2D eigenvalue weighted by atomic mass is 10.1. The summed E-state index contributed by atoms with van der Waals surface area (Å²) in [6.07, 6.45) is 2.21. The van der Waals surface area contributed by atoms with Crippen LogP contribution in [0.3, 0.4) is 0 Å². The van der Waals surface area contributed by atoms with Crippen molar-refractivity contribution in [3.63, 3.8) is 0 Å². The van der Waals surface area contributed by atoms with Gasteiger partial charge in [0, 0.05) is 38.5 Å². The minimum atomic E-state index is -0.216. The van der Waals surface area contributed by atoms with Crippen molar-refractivity contribution in [3.05, 3.63) is 61.5 Å². The minimum absolute atomic E-state index is 0.164. The summed E-state index contributed by atoms with van der Waals surface area (Å²) in [6.45, 7) is 7.90. The number of piperidine rings is 1. The van der Waals surface area contributed by atoms with Gasteiger partial charge in [0.2, 0.25) is 0 Å². The zero-order valence-electron chi connectivity index (χ0n) is 16.4. The number of thioether (sulfide) groups is 1. The van der Waals surface area contributed by atoms with Crippen molar-refractivity contribution in [2.24, 2.45) is 0 Å². The van der Waals surface area contributed by atoms with Crippen LogP contribution < -0.4 is 16.2 Å². The fourth-order valence-electron chi connectivity index (χ4n) is 3.47. The van der Waals surface area contributed by atoms with Gasteiger partial charge in [-0.25, -0.2) is 0 Å². The van der Waals surface area contributed by atoms with E-state index in [1.54, 1.807) is 17.8 Å². The summed E-state index contributed by atoms with van der Waals surface area (Å²) in [6, 6.07) is 5.54. The predicted octanol–water partition coefficient (Wildman–Crippen LogP) is 3.73. The number of rotatable bonds is 5. The third-order valence-corrected chi connectivity index (χ3v) is 6.77. The molecule has 2 heterocycles. The number of halogens is 1. The first-order chi connectivity index (χ1) is 13.3. The quantitative estimate of drug-likeness (QED) is 0.690. The van der Waals surface area contributed by atoms with Gasteiger partial charge in [0.15, 0.2) is 0 Å². The van der Waals surface area contributed by atoms with Gasteiger partial charge in [-0.1, -0.05) is 11.6 Å². The lowest BCUT2D eigenvalue weighted by molar-refractivity contribution is 0.0950. The van der Waals surface area contributed by atoms with Crippen LogP contribution in [0.1, 0.15) is 45.6 Å². The Labute approximate surface area is 174 Å². The van der Waals surface area contributed by atoms with Crippen LogP contribution in [0.15, 0.2) is 27.9 Å². The first kappa shape index (κ1) is 21.0. The van der Waals surface area contributed by atoms with E-state index in [1.807, 2.05) is 32.9 Å². The number of amides is 1. The molecule has 150 valence electrons. The van der Waals surface area contributed by atoms with E-state index in [0.29, 0.717) is 21.4 Å². The van der Waals surface area contributed by atoms with Crippen molar-refractivity contribution in [1.29, 1.82) is 0 Å². The second-order valence-corrected chi connectivity index (χ2v) is 9.05. The molecule has 0 bridgehead atoms. The number of H-pyrrole nitrogens is 1. The van der Waals surface area contributed by atoms with Crippen molar-refractivity contribution in [3.8, 4) is 0 Å². The molecule has 7 heteroatoms. The second kappa shape index (κ2) is 9.16. The van der Waals surface area contributed by atoms with E-state index in [1.165, 1.54) is 0 Å². The summed E-state index contributed by atoms with van der Waals surface area (Å²) >= 11 is 8.11. The standard InChI is InChI=1S/C21H26ClN3O2S/c1-12-8-13(2)25-21(27)18(12)11-24-20(26)17-9-15(22)10-19(14(17)3)28-16-4-6-23-7-5-16/h8-10,16,23H,4-7,11H2,1-3H3,(H,24,26)(H,25,27). The van der Waals surface area contributed by atoms with E-state index < -0.39 is 0 Å². The van der Waals surface area contributed by atoms with E-state index in [-0.39, 0.29) is 18.0 Å². The number of aryl methyl sites for hydroxylation is 2. The molecule has 28 heavy (non-hydrogen) atoms. The molecule has 0 saturated carbocycles. The summed E-state index contributed by atoms with van der Waals surface area (Å²) in [5.74, 6) is -0.216. The summed E-state index contributed by atoms with van der Waals surface area (Å²) < 4.78 is 0. The molecule has 3 rings (SSSR count). The Balaban J connectivity index is 1.77. The molecule has 0 atom stereocenters. The monoisotopic (exact) mass is 419 g/mol. The number of pyridine rings is 1. The van der Waals surface area contributed by atoms with E-state index in [9.17, 15) is 9.59 Å². The fourth-order valence-corrected chi connectivity index (χ4v) is 5.07. The molecule has 1 aromatic heterocycles. The van der Waals surface area contributed by atoms with Gasteiger partial charge in [-0.3, -0.25) is 9.59 Å². The zero-order valence-corrected chi connectivity index (χ0v) is 18.0. The molecule has 2 aromatic rings. The van der Waals surface area contributed by atoms with Crippen LogP contribution in [0.5, 0.6) is 0 Å². The van der Waals surface area contributed by atoms with Gasteiger partial charge < -0.3 is 15.6 Å². The van der Waals surface area contributed by atoms with Crippen LogP contribution in [-0.2, 0) is 6.54 Å². The number of hydrogen-bond donors (Lipinski definition) is 3. The molecule has 0 unspecified atom stereocenters. The Morgan fingerprint density at radius 3 is 2.61 bits per heavy atom. The highest BCUT2D eigenvalue weighted by Gasteiger charge is 2.19. The number of carbonyl (C=O) groups excluding carboxylic acids is 1. The third kappa shape index (κ3) is 4.99. The summed E-state index contributed by atoms with van der Waals surface area (Å²) in [4.78, 5) is 28.8. The van der Waals surface area contributed by atoms with Crippen LogP contribution in [-0.4, -0.2) is 29.2 Å². The minimum Gasteiger partial charge on any atom is -0.348 e. The van der Waals surface area contributed by atoms with Crippen LogP contribution in [0.2, 0.25) is 5.02 Å². The Morgan fingerprint density at radius 1 is 1.21 bits per heavy atom. The number of benzene rings is 1. The number of hydrogen-bond acceptors (Lipinski definition) is 4. The number of nitrogens with one attached hydrogen (secondary N) is 3. The largest absolute Gasteiger partial charge is 0.348 e. The molecule has 3 N–H and O–H groups in total. The van der Waals surface area contributed by atoms with E-state index >= 15 is 0 Å². The molecule has 0 radical (unpaired) electrons. The highest BCUT2D eigenvalue weighted by atomic mass is 35.5. The normalized spacial score (nSPS) is 14.9. The molecular formula is C21H26ClN3O2S. The van der Waals surface area contributed by atoms with Crippen molar-refractivity contribution >= 4 is 29.3 Å². The lowest BCUT2D eigenvalue weighted by Gasteiger charge is -2.23. The molecule has 1 aliphatic heterocycles. The summed E-state index contributed by atoms with van der Waals surface area (Å²) in [5, 5.41) is 7.33. The van der Waals surface area contributed by atoms with Gasteiger partial charge in [-0.15, -0.1) is 11.8 Å². The number of aromatic nitrogens is 1. The third-order valence-electron chi connectivity index (χ3n) is 5.07. The number of aromatic amines is 1. The Bertz CT molecular complexity index is 936. The highest BCUT2D eigenvalue weighted by Crippen LogP contribution is 2.34. The summed E-state index contributed by atoms with van der Waals surface area (Å²) in [5.41, 5.74) is 3.57. The molecule has 1 fully saturated rings. The Hall–Kier alpha value is -1.76. The van der Waals surface area contributed by atoms with Gasteiger partial charge in [-0.05, 0) is 76.0 Å². The Morgan fingerprint density at radius 2 is 1.93 bits per heavy atom. The van der Waals surface area contributed by atoms with Gasteiger partial charge in [-0.2, -0.15) is 0 Å². The maximum Gasteiger partial charge on any atom is 0.253 e. The van der Waals surface area contributed by atoms with Gasteiger partial charge in [0.25, 0.3) is 11.5 Å². The van der Waals surface area contributed by atoms with Gasteiger partial charge in [0.1, 0.15) is 0 Å². The lowest BCUT2D eigenvalue weighted by Crippen LogP contribution is -2.29. The van der Waals surface area contributed by atoms with Crippen molar-refractivity contribution < 1.29 is 4.79 Å². The molecule has 0 aliphatic carbocycles. The van der Waals surface area contributed by atoms with E-state index in [2.05, 4.69) is 15.6 Å². The molecule has 5 nitrogen and oxygen atoms in total. The topological polar surface area (TPSA) is 74.0 Å². The average molecular weight is 420 g/mol. The van der Waals surface area contributed by atoms with Crippen molar-refractivity contribution in [2.75, 3.05) is 13.1 Å². The van der Waals surface area contributed by atoms with Crippen molar-refractivity contribution in [2.45, 2.75) is 50.3 Å². The zero-order chi connectivity index (χ0) is 20.3. The molecule has 1 saturated heterocycles. The first-order valence-electron chi connectivity index (χ1n) is 9.50. The van der Waals surface area contributed by atoms with Crippen LogP contribution in [0.4, 0.5) is 0 Å². The van der Waals surface area contributed by atoms with Crippen LogP contribution >= 0.6 is 23.4 Å². The molecule has 1 aliphatic rings. The van der Waals surface area contributed by atoms with Crippen LogP contribution in [0.25, 0.3) is 0 Å². The Kier molecular flexibility index (Phi) is 6.86. The highest BCUT2D eigenvalue weighted by molar-refractivity contribution is 8.00. The van der Waals surface area contributed by atoms with E-state index in [0.717, 1.165) is 47.6 Å². The van der Waals surface area contributed by atoms with Crippen molar-refractivity contribution in [1.82, 2.24) is 15.6 Å². The van der Waals surface area contributed by atoms with Gasteiger partial charge >= 0.3 is 0 Å². The molecule has 1 aromatic carbocycles. The molecule has 0 spiro atoms. The first-order valence-corrected chi connectivity index (χ1v) is 10.8. The predicted molar refractivity (Wildman–Crippen MR) is 116 cm³/mol. The SMILES string of the molecule is Cc1cc(C)c(CNC(=O)c2cc(Cl)cc(SC3CCNCC3)c2C)c(=O)[nH]1. The second-order valence-electron chi connectivity index (χ2n) is 7.27. The fraction of sp³-hybridized carbons (Fsp3) is 0.429. The van der Waals surface area contributed by atoms with Gasteiger partial charge in [0.05, 0.1) is 0 Å². The summed E-state index contributed by atoms with van der Waals surface area (Å²) in [7, 11) is 0. The van der Waals surface area contributed by atoms with Crippen LogP contribution in [0, 0.1) is 20.8 Å². The maximum atomic E-state index is 12.8. The molecule has 1 amide bonds. The number of carbonyl (C=O) groups is 1. The average Bonchev–Trinajstić information content (AvgIpc) is 2.64. The smallest absolute Gasteiger partial charge is 0.253 e. The maximum absolute atomic E-state index is 12.8.